The maximum atomic E-state index is 12.7. The van der Waals surface area contributed by atoms with Crippen LogP contribution in [-0.4, -0.2) is 81.0 Å². The monoisotopic (exact) mass is 459 g/mol. The molecule has 16 heteroatoms. The number of β-lactam (4-membered cyclic amide) rings is 1. The second-order valence-corrected chi connectivity index (χ2v) is 9.81. The Labute approximate surface area is 171 Å². The first-order chi connectivity index (χ1) is 14.0. The number of aromatic nitrogens is 1. The molecule has 3 aliphatic rings. The maximum Gasteiger partial charge on any atom is 0.370 e. The second kappa shape index (κ2) is 6.36. The number of nitrogen functional groups attached to an aromatic ring is 1. The molecule has 0 saturated carbocycles. The number of esters is 1. The van der Waals surface area contributed by atoms with Gasteiger partial charge in [0.25, 0.3) is 17.5 Å². The van der Waals surface area contributed by atoms with Gasteiger partial charge in [-0.2, -0.15) is 0 Å². The number of nitrogens with one attached hydrogen (secondary N) is 1. The zero-order valence-corrected chi connectivity index (χ0v) is 16.3. The number of amides is 2. The molecule has 5 N–H and O–H groups in total. The van der Waals surface area contributed by atoms with Crippen LogP contribution in [0.3, 0.4) is 0 Å². The Hall–Kier alpha value is -3.27. The number of aliphatic carboxylic acids is 1. The molecule has 0 bridgehead atoms. The van der Waals surface area contributed by atoms with Gasteiger partial charge in [0.05, 0.1) is 18.1 Å². The van der Waals surface area contributed by atoms with Crippen molar-refractivity contribution < 1.29 is 42.6 Å². The van der Waals surface area contributed by atoms with E-state index >= 15 is 0 Å². The number of hydrogen-bond acceptors (Lipinski definition) is 12. The van der Waals surface area contributed by atoms with Gasteiger partial charge < -0.3 is 26.1 Å². The Kier molecular flexibility index (Phi) is 4.25. The van der Waals surface area contributed by atoms with Gasteiger partial charge in [0.2, 0.25) is 0 Å². The minimum absolute atomic E-state index is 0.0668. The third-order valence-corrected chi connectivity index (χ3v) is 7.87. The number of sulfone groups is 1. The van der Waals surface area contributed by atoms with Crippen LogP contribution in [0.25, 0.3) is 0 Å². The number of ether oxygens (including phenoxy) is 1. The van der Waals surface area contributed by atoms with Crippen LogP contribution in [0.1, 0.15) is 12.1 Å². The highest BCUT2D eigenvalue weighted by molar-refractivity contribution is 7.92. The fourth-order valence-corrected chi connectivity index (χ4v) is 6.72. The SMILES string of the molecule is Nc1nc(/C(=N/O)C(=O)N[C@@H]2C(=O)N3[C@@H]2S(=O)(=O)C[C@@H]2CC(=O)O[C@@]23C(=O)O)cs1. The number of carbonyl (C=O) groups excluding carboxylic acids is 3. The molecule has 14 nitrogen and oxygen atoms in total. The summed E-state index contributed by atoms with van der Waals surface area (Å²) in [5, 5.41) is 23.3. The summed E-state index contributed by atoms with van der Waals surface area (Å²) in [6.45, 7) is 0. The van der Waals surface area contributed by atoms with Gasteiger partial charge >= 0.3 is 11.9 Å². The van der Waals surface area contributed by atoms with Gasteiger partial charge in [-0.1, -0.05) is 5.16 Å². The molecule has 4 atom stereocenters. The van der Waals surface area contributed by atoms with Gasteiger partial charge in [-0.05, 0) is 0 Å². The molecule has 4 heterocycles. The van der Waals surface area contributed by atoms with E-state index in [1.807, 2.05) is 0 Å². The number of rotatable bonds is 4. The minimum atomic E-state index is -4.13. The molecule has 4 rings (SSSR count). The van der Waals surface area contributed by atoms with Crippen molar-refractivity contribution in [3.8, 4) is 0 Å². The molecule has 1 aromatic rings. The zero-order chi connectivity index (χ0) is 22.0. The quantitative estimate of drug-likeness (QED) is 0.120. The first-order valence-electron chi connectivity index (χ1n) is 8.27. The zero-order valence-electron chi connectivity index (χ0n) is 14.7. The summed E-state index contributed by atoms with van der Waals surface area (Å²) in [6.07, 6.45) is -0.481. The molecular formula is C14H13N5O9S2. The van der Waals surface area contributed by atoms with Gasteiger partial charge in [0, 0.05) is 5.38 Å². The number of carbonyl (C=O) groups is 4. The van der Waals surface area contributed by atoms with Crippen molar-refractivity contribution in [1.29, 1.82) is 0 Å². The molecular weight excluding hydrogens is 446 g/mol. The van der Waals surface area contributed by atoms with E-state index < -0.39 is 74.5 Å². The lowest BCUT2D eigenvalue weighted by Crippen LogP contribution is -2.84. The van der Waals surface area contributed by atoms with Gasteiger partial charge in [0.1, 0.15) is 11.7 Å². The van der Waals surface area contributed by atoms with E-state index in [0.29, 0.717) is 4.90 Å². The fourth-order valence-electron chi connectivity index (χ4n) is 3.89. The van der Waals surface area contributed by atoms with Crippen LogP contribution in [0.15, 0.2) is 10.5 Å². The van der Waals surface area contributed by atoms with Crippen molar-refractivity contribution in [2.24, 2.45) is 11.1 Å². The highest BCUT2D eigenvalue weighted by Crippen LogP contribution is 2.48. The van der Waals surface area contributed by atoms with Crippen LogP contribution in [-0.2, 0) is 33.8 Å². The summed E-state index contributed by atoms with van der Waals surface area (Å²) >= 11 is 0.946. The van der Waals surface area contributed by atoms with Crippen molar-refractivity contribution in [2.75, 3.05) is 11.5 Å². The van der Waals surface area contributed by atoms with Crippen molar-refractivity contribution in [3.05, 3.63) is 11.1 Å². The number of hydrogen-bond donors (Lipinski definition) is 4. The van der Waals surface area contributed by atoms with Crippen LogP contribution in [0, 0.1) is 5.92 Å². The van der Waals surface area contributed by atoms with E-state index in [-0.39, 0.29) is 10.8 Å². The largest absolute Gasteiger partial charge is 0.477 e. The van der Waals surface area contributed by atoms with E-state index in [4.69, 9.17) is 15.7 Å². The Morgan fingerprint density at radius 2 is 2.13 bits per heavy atom. The average molecular weight is 459 g/mol. The van der Waals surface area contributed by atoms with Crippen LogP contribution >= 0.6 is 11.3 Å². The summed E-state index contributed by atoms with van der Waals surface area (Å²) in [6, 6.07) is -1.67. The number of anilines is 1. The van der Waals surface area contributed by atoms with Crippen LogP contribution in [0.4, 0.5) is 5.13 Å². The second-order valence-electron chi connectivity index (χ2n) is 6.78. The lowest BCUT2D eigenvalue weighted by atomic mass is 9.89. The van der Waals surface area contributed by atoms with Crippen molar-refractivity contribution in [2.45, 2.75) is 23.6 Å². The smallest absolute Gasteiger partial charge is 0.370 e. The lowest BCUT2D eigenvalue weighted by molar-refractivity contribution is -0.216. The molecule has 3 saturated heterocycles. The highest BCUT2D eigenvalue weighted by atomic mass is 32.2. The van der Waals surface area contributed by atoms with E-state index in [2.05, 4.69) is 15.5 Å². The van der Waals surface area contributed by atoms with Crippen molar-refractivity contribution >= 4 is 55.8 Å². The number of oxime groups is 1. The molecule has 0 aromatic carbocycles. The first-order valence-corrected chi connectivity index (χ1v) is 10.9. The summed E-state index contributed by atoms with van der Waals surface area (Å²) in [4.78, 5) is 53.0. The molecule has 1 aromatic heterocycles. The summed E-state index contributed by atoms with van der Waals surface area (Å²) in [5.41, 5.74) is 2.27. The third kappa shape index (κ3) is 2.56. The number of carboxylic acids is 1. The Balaban J connectivity index is 1.65. The Morgan fingerprint density at radius 1 is 1.43 bits per heavy atom. The lowest BCUT2D eigenvalue weighted by Gasteiger charge is -2.56. The van der Waals surface area contributed by atoms with Crippen molar-refractivity contribution in [3.63, 3.8) is 0 Å². The number of thiazole rings is 1. The average Bonchev–Trinajstić information content (AvgIpc) is 3.21. The molecule has 2 amide bonds. The fraction of sp³-hybridized carbons (Fsp3) is 0.429. The third-order valence-electron chi connectivity index (χ3n) is 5.11. The summed E-state index contributed by atoms with van der Waals surface area (Å²) in [5.74, 6) is -6.85. The minimum Gasteiger partial charge on any atom is -0.477 e. The molecule has 0 aliphatic carbocycles. The number of fused-ring (bicyclic) bond motifs is 3. The molecule has 0 radical (unpaired) electrons. The van der Waals surface area contributed by atoms with Crippen LogP contribution < -0.4 is 11.1 Å². The molecule has 0 unspecified atom stereocenters. The number of nitrogens with two attached hydrogens (primary N) is 1. The van der Waals surface area contributed by atoms with Gasteiger partial charge in [-0.15, -0.1) is 11.3 Å². The molecule has 30 heavy (non-hydrogen) atoms. The first kappa shape index (κ1) is 20.0. The standard InChI is InChI=1S/C14H13N5O9S2/c15-13-16-5(2-29-13)7(18-25)9(21)17-8-10(22)19-11(8)30(26,27)3-4-1-6(20)28-14(4,19)12(23)24/h2,4,8,11,25H,1,3H2,(H2,15,16)(H,17,21)(H,23,24)/b18-7-/t4-,8+,11+,14+/m0/s1. The normalized spacial score (nSPS) is 31.9. The van der Waals surface area contributed by atoms with Crippen LogP contribution in [0.2, 0.25) is 0 Å². The van der Waals surface area contributed by atoms with Gasteiger partial charge in [-0.25, -0.2) is 18.2 Å². The predicted octanol–water partition coefficient (Wildman–Crippen LogP) is -2.67. The van der Waals surface area contributed by atoms with E-state index in [1.54, 1.807) is 0 Å². The Morgan fingerprint density at radius 3 is 2.70 bits per heavy atom. The van der Waals surface area contributed by atoms with E-state index in [0.717, 1.165) is 11.3 Å². The molecule has 3 aliphatic heterocycles. The van der Waals surface area contributed by atoms with E-state index in [9.17, 15) is 32.7 Å². The molecule has 0 spiro atoms. The highest BCUT2D eigenvalue weighted by Gasteiger charge is 2.75. The topological polar surface area (TPSA) is 219 Å². The van der Waals surface area contributed by atoms with Gasteiger partial charge in [-0.3, -0.25) is 19.3 Å². The molecule has 160 valence electrons. The maximum absolute atomic E-state index is 12.7. The van der Waals surface area contributed by atoms with Crippen molar-refractivity contribution in [1.82, 2.24) is 15.2 Å². The molecule has 3 fully saturated rings. The number of carboxylic acid groups (broad SMARTS) is 1. The van der Waals surface area contributed by atoms with E-state index in [1.165, 1.54) is 5.38 Å². The number of nitrogens with zero attached hydrogens (tertiary/aromatic N) is 3. The summed E-state index contributed by atoms with van der Waals surface area (Å²) in [7, 11) is -4.13. The van der Waals surface area contributed by atoms with Gasteiger partial charge in [0.15, 0.2) is 26.1 Å². The van der Waals surface area contributed by atoms with Crippen LogP contribution in [0.5, 0.6) is 0 Å². The Bertz CT molecular complexity index is 1130. The predicted molar refractivity (Wildman–Crippen MR) is 95.8 cm³/mol. The summed E-state index contributed by atoms with van der Waals surface area (Å²) < 4.78 is 30.3.